The van der Waals surface area contributed by atoms with Crippen molar-refractivity contribution >= 4 is 34.8 Å². The van der Waals surface area contributed by atoms with Gasteiger partial charge in [-0.1, -0.05) is 23.8 Å². The van der Waals surface area contributed by atoms with E-state index < -0.39 is 41.4 Å². The van der Waals surface area contributed by atoms with Crippen molar-refractivity contribution < 1.29 is 33.4 Å². The Balaban J connectivity index is 1.69. The number of hydrogen-bond donors (Lipinski definition) is 3. The normalized spacial score (nSPS) is 20.8. The minimum absolute atomic E-state index is 0.116. The number of carbonyl (C=O) groups excluding carboxylic acids is 4. The molecule has 0 bridgehead atoms. The monoisotopic (exact) mass is 534 g/mol. The Morgan fingerprint density at radius 3 is 2.22 bits per heavy atom. The summed E-state index contributed by atoms with van der Waals surface area (Å²) < 4.78 is 15.6. The van der Waals surface area contributed by atoms with Crippen LogP contribution in [0.5, 0.6) is 0 Å². The molecule has 3 N–H and O–H groups in total. The molecule has 0 aromatic carbocycles. The van der Waals surface area contributed by atoms with Crippen LogP contribution in [0.2, 0.25) is 0 Å². The Kier molecular flexibility index (Phi) is 10.1. The Morgan fingerprint density at radius 2 is 1.70 bits per heavy atom. The van der Waals surface area contributed by atoms with Crippen molar-refractivity contribution in [1.29, 1.82) is 0 Å². The summed E-state index contributed by atoms with van der Waals surface area (Å²) in [6.45, 7) is 3.51. The average Bonchev–Trinajstić information content (AvgIpc) is 3.48. The summed E-state index contributed by atoms with van der Waals surface area (Å²) in [5.74, 6) is -1.91. The number of ether oxygens (including phenoxy) is 3. The largest absolute Gasteiger partial charge is 0.382 e. The lowest BCUT2D eigenvalue weighted by Crippen LogP contribution is -2.58. The van der Waals surface area contributed by atoms with E-state index in [9.17, 15) is 19.2 Å². The fraction of sp³-hybridized carbons (Fsp3) is 0.560. The fourth-order valence-corrected chi connectivity index (χ4v) is 4.53. The summed E-state index contributed by atoms with van der Waals surface area (Å²) in [6, 6.07) is -3.00. The van der Waals surface area contributed by atoms with Crippen LogP contribution in [0, 0.1) is 6.92 Å². The number of epoxide rings is 1. The number of methoxy groups -OCH3 is 2. The maximum absolute atomic E-state index is 13.2. The van der Waals surface area contributed by atoms with Crippen LogP contribution >= 0.6 is 11.3 Å². The van der Waals surface area contributed by atoms with E-state index in [0.717, 1.165) is 18.4 Å². The van der Waals surface area contributed by atoms with E-state index in [2.05, 4.69) is 20.9 Å². The van der Waals surface area contributed by atoms with Gasteiger partial charge in [-0.05, 0) is 33.1 Å². The first kappa shape index (κ1) is 28.6. The molecule has 11 nitrogen and oxygen atoms in total. The van der Waals surface area contributed by atoms with Gasteiger partial charge in [-0.2, -0.15) is 0 Å². The highest BCUT2D eigenvalue weighted by molar-refractivity contribution is 7.13. The Morgan fingerprint density at radius 1 is 1.08 bits per heavy atom. The smallest absolute Gasteiger partial charge is 0.263 e. The van der Waals surface area contributed by atoms with Crippen molar-refractivity contribution in [3.05, 3.63) is 39.9 Å². The molecule has 4 atom stereocenters. The number of aromatic nitrogens is 1. The van der Waals surface area contributed by atoms with Gasteiger partial charge in [0.1, 0.15) is 22.6 Å². The van der Waals surface area contributed by atoms with Gasteiger partial charge in [0.05, 0.1) is 37.1 Å². The summed E-state index contributed by atoms with van der Waals surface area (Å²) in [4.78, 5) is 56.4. The van der Waals surface area contributed by atoms with Crippen LogP contribution in [0.1, 0.15) is 40.9 Å². The molecule has 12 heteroatoms. The van der Waals surface area contributed by atoms with Crippen molar-refractivity contribution in [2.75, 3.05) is 34.0 Å². The molecule has 1 aromatic heterocycles. The number of hydrogen-bond acceptors (Lipinski definition) is 9. The maximum atomic E-state index is 13.2. The first-order valence-electron chi connectivity index (χ1n) is 12.0. The molecule has 0 spiro atoms. The number of allylic oxidation sites excluding steroid dienone is 3. The molecule has 1 aromatic rings. The van der Waals surface area contributed by atoms with Crippen LogP contribution in [0.25, 0.3) is 0 Å². The number of aryl methyl sites for hydroxylation is 1. The van der Waals surface area contributed by atoms with E-state index in [4.69, 9.17) is 14.2 Å². The molecule has 1 saturated heterocycles. The van der Waals surface area contributed by atoms with Gasteiger partial charge in [-0.3, -0.25) is 19.2 Å². The number of Topliss-reactive ketones (excluding diaryl/α,β-unsaturated/α-hetero) is 1. The summed E-state index contributed by atoms with van der Waals surface area (Å²) in [6.07, 6.45) is 9.36. The summed E-state index contributed by atoms with van der Waals surface area (Å²) in [7, 11) is 2.79. The Bertz CT molecular complexity index is 1060. The molecule has 2 aliphatic rings. The van der Waals surface area contributed by atoms with Crippen molar-refractivity contribution in [3.8, 4) is 0 Å². The standard InChI is InChI=1S/C25H34N4O7S/c1-15-26-11-20(37-15)24(33)29-19(13-35-4)23(32)28-18(12-34-3)22(31)27-17(21(30)25(2)14-36-25)10-16-8-6-5-7-9-16/h5-6,8,11,17-19H,7,9-10,12-14H2,1-4H3,(H,27,31)(H,28,32)(H,29,33)/t17-,18-,19?,25+/m0/s1. The van der Waals surface area contributed by atoms with Crippen LogP contribution in [0.4, 0.5) is 0 Å². The molecule has 0 radical (unpaired) electrons. The van der Waals surface area contributed by atoms with Crippen molar-refractivity contribution in [3.63, 3.8) is 0 Å². The number of thiazole rings is 1. The molecule has 37 heavy (non-hydrogen) atoms. The second kappa shape index (κ2) is 13.0. The zero-order chi connectivity index (χ0) is 27.0. The number of rotatable bonds is 14. The van der Waals surface area contributed by atoms with E-state index >= 15 is 0 Å². The minimum Gasteiger partial charge on any atom is -0.382 e. The van der Waals surface area contributed by atoms with Gasteiger partial charge in [0.2, 0.25) is 11.8 Å². The zero-order valence-electron chi connectivity index (χ0n) is 21.5. The topological polar surface area (TPSA) is 148 Å². The van der Waals surface area contributed by atoms with Crippen LogP contribution in [-0.4, -0.2) is 86.3 Å². The second-order valence-electron chi connectivity index (χ2n) is 9.18. The van der Waals surface area contributed by atoms with Gasteiger partial charge in [-0.15, -0.1) is 11.3 Å². The number of carbonyl (C=O) groups is 4. The first-order valence-corrected chi connectivity index (χ1v) is 12.8. The molecule has 2 heterocycles. The molecule has 3 amide bonds. The summed E-state index contributed by atoms with van der Waals surface area (Å²) in [5, 5.41) is 8.73. The van der Waals surface area contributed by atoms with Crippen LogP contribution < -0.4 is 16.0 Å². The van der Waals surface area contributed by atoms with Crippen LogP contribution in [0.15, 0.2) is 30.0 Å². The van der Waals surface area contributed by atoms with Gasteiger partial charge in [0.15, 0.2) is 5.78 Å². The SMILES string of the molecule is COCC(NC(=O)c1cnc(C)s1)C(=O)N[C@@H](COC)C(=O)N[C@@H](CC1=CC=CCC1)C(=O)[C@@]1(C)CO1. The van der Waals surface area contributed by atoms with E-state index in [1.807, 2.05) is 18.2 Å². The minimum atomic E-state index is -1.11. The van der Waals surface area contributed by atoms with Crippen LogP contribution in [0.3, 0.4) is 0 Å². The maximum Gasteiger partial charge on any atom is 0.263 e. The quantitative estimate of drug-likeness (QED) is 0.297. The highest BCUT2D eigenvalue weighted by Gasteiger charge is 2.50. The van der Waals surface area contributed by atoms with E-state index in [-0.39, 0.29) is 19.0 Å². The molecular formula is C25H34N4O7S. The molecule has 1 fully saturated rings. The zero-order valence-corrected chi connectivity index (χ0v) is 22.3. The van der Waals surface area contributed by atoms with Crippen LogP contribution in [-0.2, 0) is 28.6 Å². The van der Waals surface area contributed by atoms with Gasteiger partial charge in [0, 0.05) is 14.2 Å². The van der Waals surface area contributed by atoms with Crippen molar-refractivity contribution in [2.45, 2.75) is 56.8 Å². The lowest BCUT2D eigenvalue weighted by atomic mass is 9.91. The third-order valence-corrected chi connectivity index (χ3v) is 6.98. The Hall–Kier alpha value is -2.93. The number of amides is 3. The van der Waals surface area contributed by atoms with E-state index in [0.29, 0.717) is 22.9 Å². The molecule has 1 unspecified atom stereocenters. The van der Waals surface area contributed by atoms with Gasteiger partial charge in [-0.25, -0.2) is 4.98 Å². The number of nitrogens with one attached hydrogen (secondary N) is 3. The second-order valence-corrected chi connectivity index (χ2v) is 10.4. The summed E-state index contributed by atoms with van der Waals surface area (Å²) in [5.41, 5.74) is 0.116. The van der Waals surface area contributed by atoms with Gasteiger partial charge < -0.3 is 30.2 Å². The third-order valence-electron chi connectivity index (χ3n) is 6.06. The molecule has 3 rings (SSSR count). The first-order chi connectivity index (χ1) is 17.7. The predicted molar refractivity (Wildman–Crippen MR) is 136 cm³/mol. The highest BCUT2D eigenvalue weighted by atomic mass is 32.1. The molecule has 202 valence electrons. The lowest BCUT2D eigenvalue weighted by molar-refractivity contribution is -0.134. The summed E-state index contributed by atoms with van der Waals surface area (Å²) >= 11 is 1.19. The third kappa shape index (κ3) is 8.03. The molecule has 1 aliphatic heterocycles. The fourth-order valence-electron chi connectivity index (χ4n) is 3.85. The average molecular weight is 535 g/mol. The van der Waals surface area contributed by atoms with Crippen molar-refractivity contribution in [2.24, 2.45) is 0 Å². The van der Waals surface area contributed by atoms with Gasteiger partial charge in [0.25, 0.3) is 5.91 Å². The lowest BCUT2D eigenvalue weighted by Gasteiger charge is -2.26. The predicted octanol–water partition coefficient (Wildman–Crippen LogP) is 0.837. The molecular weight excluding hydrogens is 500 g/mol. The number of ketones is 1. The van der Waals surface area contributed by atoms with E-state index in [1.54, 1.807) is 13.8 Å². The highest BCUT2D eigenvalue weighted by Crippen LogP contribution is 2.30. The van der Waals surface area contributed by atoms with Gasteiger partial charge >= 0.3 is 0 Å². The Labute approximate surface area is 220 Å². The molecule has 0 saturated carbocycles. The van der Waals surface area contributed by atoms with E-state index in [1.165, 1.54) is 31.8 Å². The number of nitrogens with zero attached hydrogens (tertiary/aromatic N) is 1. The van der Waals surface area contributed by atoms with Crippen molar-refractivity contribution in [1.82, 2.24) is 20.9 Å². The molecule has 1 aliphatic carbocycles.